The van der Waals surface area contributed by atoms with Gasteiger partial charge < -0.3 is 21.1 Å². The fraction of sp³-hybridized carbons (Fsp3) is 0.800. The first-order chi connectivity index (χ1) is 7.65. The minimum Gasteiger partial charge on any atom is -0.380 e. The van der Waals surface area contributed by atoms with Crippen LogP contribution in [0.3, 0.4) is 0 Å². The molecule has 1 aliphatic rings. The van der Waals surface area contributed by atoms with Crippen molar-refractivity contribution in [3.05, 3.63) is 0 Å². The van der Waals surface area contributed by atoms with Gasteiger partial charge in [-0.2, -0.15) is 0 Å². The highest BCUT2D eigenvalue weighted by atomic mass is 16.5. The molecule has 92 valence electrons. The van der Waals surface area contributed by atoms with Gasteiger partial charge in [0.15, 0.2) is 0 Å². The van der Waals surface area contributed by atoms with Gasteiger partial charge in [-0.3, -0.25) is 9.59 Å². The van der Waals surface area contributed by atoms with E-state index in [1.54, 1.807) is 0 Å². The third kappa shape index (κ3) is 4.16. The number of rotatable bonds is 5. The van der Waals surface area contributed by atoms with Crippen molar-refractivity contribution < 1.29 is 14.3 Å². The molecule has 0 radical (unpaired) electrons. The SMILES string of the molecule is COC(CN)CC(=O)NC1CCC(=O)NC1. The van der Waals surface area contributed by atoms with Crippen molar-refractivity contribution in [1.82, 2.24) is 10.6 Å². The van der Waals surface area contributed by atoms with E-state index in [1.165, 1.54) is 7.11 Å². The van der Waals surface area contributed by atoms with Crippen LogP contribution in [-0.2, 0) is 14.3 Å². The van der Waals surface area contributed by atoms with E-state index in [2.05, 4.69) is 10.6 Å². The molecule has 16 heavy (non-hydrogen) atoms. The van der Waals surface area contributed by atoms with E-state index in [1.807, 2.05) is 0 Å². The van der Waals surface area contributed by atoms with Crippen LogP contribution in [0.2, 0.25) is 0 Å². The average molecular weight is 229 g/mol. The van der Waals surface area contributed by atoms with Gasteiger partial charge in [-0.15, -0.1) is 0 Å². The van der Waals surface area contributed by atoms with Crippen molar-refractivity contribution in [3.63, 3.8) is 0 Å². The molecule has 1 heterocycles. The predicted octanol–water partition coefficient (Wildman–Crippen LogP) is -1.25. The largest absolute Gasteiger partial charge is 0.380 e. The summed E-state index contributed by atoms with van der Waals surface area (Å²) < 4.78 is 5.02. The molecule has 1 saturated heterocycles. The van der Waals surface area contributed by atoms with E-state index in [0.717, 1.165) is 0 Å². The zero-order chi connectivity index (χ0) is 12.0. The Bertz CT molecular complexity index is 244. The van der Waals surface area contributed by atoms with E-state index in [-0.39, 0.29) is 30.4 Å². The number of nitrogens with two attached hydrogens (primary N) is 1. The number of amides is 2. The minimum absolute atomic E-state index is 0.0282. The van der Waals surface area contributed by atoms with Gasteiger partial charge in [-0.05, 0) is 6.42 Å². The molecule has 0 spiro atoms. The van der Waals surface area contributed by atoms with Gasteiger partial charge in [0.05, 0.1) is 12.5 Å². The summed E-state index contributed by atoms with van der Waals surface area (Å²) in [5.74, 6) is -0.0410. The van der Waals surface area contributed by atoms with Gasteiger partial charge in [0, 0.05) is 32.7 Å². The van der Waals surface area contributed by atoms with Crippen molar-refractivity contribution in [3.8, 4) is 0 Å². The summed E-state index contributed by atoms with van der Waals surface area (Å²) in [5, 5.41) is 5.56. The number of hydrogen-bond acceptors (Lipinski definition) is 4. The van der Waals surface area contributed by atoms with E-state index >= 15 is 0 Å². The Hall–Kier alpha value is -1.14. The Kier molecular flexibility index (Phi) is 5.21. The number of carbonyl (C=O) groups is 2. The predicted molar refractivity (Wildman–Crippen MR) is 58.6 cm³/mol. The normalized spacial score (nSPS) is 22.4. The van der Waals surface area contributed by atoms with Crippen LogP contribution < -0.4 is 16.4 Å². The second-order valence-electron chi connectivity index (χ2n) is 3.90. The maximum Gasteiger partial charge on any atom is 0.222 e. The molecular formula is C10H19N3O3. The lowest BCUT2D eigenvalue weighted by atomic mass is 10.1. The first kappa shape index (κ1) is 12.9. The third-order valence-electron chi connectivity index (χ3n) is 2.64. The zero-order valence-corrected chi connectivity index (χ0v) is 9.49. The van der Waals surface area contributed by atoms with Crippen molar-refractivity contribution >= 4 is 11.8 Å². The summed E-state index contributed by atoms with van der Waals surface area (Å²) >= 11 is 0. The second-order valence-corrected chi connectivity index (χ2v) is 3.90. The highest BCUT2D eigenvalue weighted by Gasteiger charge is 2.20. The molecule has 0 aliphatic carbocycles. The molecule has 1 aliphatic heterocycles. The van der Waals surface area contributed by atoms with E-state index < -0.39 is 0 Å². The smallest absolute Gasteiger partial charge is 0.222 e. The lowest BCUT2D eigenvalue weighted by molar-refractivity contribution is -0.127. The summed E-state index contributed by atoms with van der Waals surface area (Å²) in [6.45, 7) is 0.830. The van der Waals surface area contributed by atoms with Crippen LogP contribution in [-0.4, -0.2) is 44.2 Å². The van der Waals surface area contributed by atoms with Crippen molar-refractivity contribution in [1.29, 1.82) is 0 Å². The fourth-order valence-corrected chi connectivity index (χ4v) is 1.61. The molecule has 0 bridgehead atoms. The lowest BCUT2D eigenvalue weighted by Gasteiger charge is -2.24. The van der Waals surface area contributed by atoms with Crippen LogP contribution in [0.25, 0.3) is 0 Å². The molecule has 2 atom stereocenters. The molecule has 2 unspecified atom stereocenters. The monoisotopic (exact) mass is 229 g/mol. The molecule has 6 heteroatoms. The van der Waals surface area contributed by atoms with Crippen LogP contribution in [0, 0.1) is 0 Å². The molecular weight excluding hydrogens is 210 g/mol. The Balaban J connectivity index is 2.26. The van der Waals surface area contributed by atoms with E-state index in [9.17, 15) is 9.59 Å². The van der Waals surface area contributed by atoms with E-state index in [4.69, 9.17) is 10.5 Å². The van der Waals surface area contributed by atoms with Crippen LogP contribution in [0.5, 0.6) is 0 Å². The Labute approximate surface area is 94.9 Å². The van der Waals surface area contributed by atoms with E-state index in [0.29, 0.717) is 25.9 Å². The van der Waals surface area contributed by atoms with Crippen LogP contribution in [0.1, 0.15) is 19.3 Å². The maximum atomic E-state index is 11.6. The van der Waals surface area contributed by atoms with Crippen molar-refractivity contribution in [2.45, 2.75) is 31.4 Å². The summed E-state index contributed by atoms with van der Waals surface area (Å²) in [4.78, 5) is 22.5. The third-order valence-corrected chi connectivity index (χ3v) is 2.64. The molecule has 0 aromatic heterocycles. The molecule has 6 nitrogen and oxygen atoms in total. The topological polar surface area (TPSA) is 93.4 Å². The summed E-state index contributed by atoms with van der Waals surface area (Å²) in [6.07, 6.45) is 1.18. The number of nitrogens with one attached hydrogen (secondary N) is 2. The zero-order valence-electron chi connectivity index (χ0n) is 9.49. The molecule has 1 fully saturated rings. The summed E-state index contributed by atoms with van der Waals surface area (Å²) in [6, 6.07) is 0.0282. The summed E-state index contributed by atoms with van der Waals surface area (Å²) in [7, 11) is 1.53. The molecule has 4 N–H and O–H groups in total. The molecule has 2 amide bonds. The van der Waals surface area contributed by atoms with Crippen molar-refractivity contribution in [2.75, 3.05) is 20.2 Å². The van der Waals surface area contributed by atoms with Gasteiger partial charge in [-0.1, -0.05) is 0 Å². The Morgan fingerprint density at radius 1 is 1.75 bits per heavy atom. The minimum atomic E-state index is -0.238. The molecule has 1 rings (SSSR count). The van der Waals surface area contributed by atoms with Crippen molar-refractivity contribution in [2.24, 2.45) is 5.73 Å². The van der Waals surface area contributed by atoms with Gasteiger partial charge in [0.2, 0.25) is 11.8 Å². The average Bonchev–Trinajstić information content (AvgIpc) is 2.29. The highest BCUT2D eigenvalue weighted by molar-refractivity contribution is 5.79. The second kappa shape index (κ2) is 6.44. The number of methoxy groups -OCH3 is 1. The lowest BCUT2D eigenvalue weighted by Crippen LogP contribution is -2.48. The van der Waals surface area contributed by atoms with Gasteiger partial charge >= 0.3 is 0 Å². The van der Waals surface area contributed by atoms with Crippen LogP contribution in [0.15, 0.2) is 0 Å². The van der Waals surface area contributed by atoms with Gasteiger partial charge in [-0.25, -0.2) is 0 Å². The Morgan fingerprint density at radius 3 is 3.00 bits per heavy atom. The number of ether oxygens (including phenoxy) is 1. The molecule has 0 aromatic carbocycles. The first-order valence-corrected chi connectivity index (χ1v) is 5.44. The molecule has 0 aromatic rings. The Morgan fingerprint density at radius 2 is 2.50 bits per heavy atom. The quantitative estimate of drug-likeness (QED) is 0.549. The van der Waals surface area contributed by atoms with Crippen LogP contribution >= 0.6 is 0 Å². The number of piperidine rings is 1. The number of carbonyl (C=O) groups excluding carboxylic acids is 2. The van der Waals surface area contributed by atoms with Gasteiger partial charge in [0.25, 0.3) is 0 Å². The highest BCUT2D eigenvalue weighted by Crippen LogP contribution is 2.03. The van der Waals surface area contributed by atoms with Crippen LogP contribution in [0.4, 0.5) is 0 Å². The first-order valence-electron chi connectivity index (χ1n) is 5.44. The number of hydrogen-bond donors (Lipinski definition) is 3. The molecule has 0 saturated carbocycles. The standard InChI is InChI=1S/C10H19N3O3/c1-16-8(5-11)4-10(15)13-7-2-3-9(14)12-6-7/h7-8H,2-6,11H2,1H3,(H,12,14)(H,13,15). The summed E-state index contributed by atoms with van der Waals surface area (Å²) in [5.41, 5.74) is 5.42. The fourth-order valence-electron chi connectivity index (χ4n) is 1.61. The maximum absolute atomic E-state index is 11.6. The van der Waals surface area contributed by atoms with Gasteiger partial charge in [0.1, 0.15) is 0 Å².